The van der Waals surface area contributed by atoms with Gasteiger partial charge in [-0.25, -0.2) is 30.4 Å². The Bertz CT molecular complexity index is 1330. The predicted molar refractivity (Wildman–Crippen MR) is 141 cm³/mol. The molecule has 6 nitrogen and oxygen atoms in total. The van der Waals surface area contributed by atoms with E-state index in [9.17, 15) is 40.0 Å². The van der Waals surface area contributed by atoms with Crippen LogP contribution in [-0.4, -0.2) is 56.0 Å². The third-order valence-corrected chi connectivity index (χ3v) is 8.09. The lowest BCUT2D eigenvalue weighted by Crippen LogP contribution is -2.55. The first-order valence-electron chi connectivity index (χ1n) is 12.6. The molecule has 4 atom stereocenters. The molecule has 1 saturated carbocycles. The van der Waals surface area contributed by atoms with Crippen LogP contribution in [0.25, 0.3) is 11.1 Å². The quantitative estimate of drug-likeness (QED) is 0.369. The van der Waals surface area contributed by atoms with Crippen molar-refractivity contribution in [2.75, 3.05) is 6.26 Å². The van der Waals surface area contributed by atoms with E-state index in [1.807, 2.05) is 0 Å². The SMILES string of the molecule is C[C@@H]1[C@H](NC(=O)[C@H](CC(C)(C)F)N[C@@H](c2ccc(-c3ccc(S(C)(=O)=O)cc3)cc2)C(C)(F)F)C(=O)CC1(F)F. The molecule has 1 aliphatic carbocycles. The number of rotatable bonds is 10. The van der Waals surface area contributed by atoms with E-state index in [4.69, 9.17) is 0 Å². The summed E-state index contributed by atoms with van der Waals surface area (Å²) in [6.45, 7) is 4.03. The molecule has 0 aliphatic heterocycles. The van der Waals surface area contributed by atoms with E-state index >= 15 is 0 Å². The van der Waals surface area contributed by atoms with Crippen LogP contribution in [0.4, 0.5) is 22.0 Å². The number of ketones is 1. The molecule has 0 aromatic heterocycles. The van der Waals surface area contributed by atoms with E-state index < -0.39 is 75.9 Å². The zero-order valence-electron chi connectivity index (χ0n) is 22.8. The number of hydrogen-bond donors (Lipinski definition) is 2. The minimum Gasteiger partial charge on any atom is -0.344 e. The first-order valence-corrected chi connectivity index (χ1v) is 14.5. The summed E-state index contributed by atoms with van der Waals surface area (Å²) in [6.07, 6.45) is -0.541. The smallest absolute Gasteiger partial charge is 0.264 e. The van der Waals surface area contributed by atoms with E-state index in [1.54, 1.807) is 24.3 Å². The van der Waals surface area contributed by atoms with Gasteiger partial charge in [0, 0.05) is 25.5 Å². The molecule has 0 unspecified atom stereocenters. The fourth-order valence-electron chi connectivity index (χ4n) is 4.70. The van der Waals surface area contributed by atoms with Crippen molar-refractivity contribution in [3.8, 4) is 11.1 Å². The molecule has 1 fully saturated rings. The molecule has 0 bridgehead atoms. The summed E-state index contributed by atoms with van der Waals surface area (Å²) in [7, 11) is -3.39. The zero-order chi connectivity index (χ0) is 30.3. The summed E-state index contributed by atoms with van der Waals surface area (Å²) < 4.78 is 95.7. The van der Waals surface area contributed by atoms with Crippen LogP contribution in [0.1, 0.15) is 52.1 Å². The molecule has 1 aliphatic rings. The molecule has 12 heteroatoms. The second-order valence-corrected chi connectivity index (χ2v) is 13.1. The lowest BCUT2D eigenvalue weighted by molar-refractivity contribution is -0.130. The van der Waals surface area contributed by atoms with E-state index in [0.717, 1.165) is 27.0 Å². The van der Waals surface area contributed by atoms with Crippen molar-refractivity contribution < 1.29 is 40.0 Å². The Morgan fingerprint density at radius 1 is 1.00 bits per heavy atom. The highest BCUT2D eigenvalue weighted by Crippen LogP contribution is 2.38. The number of alkyl halides is 5. The maximum Gasteiger partial charge on any atom is 0.264 e. The van der Waals surface area contributed by atoms with Crippen LogP contribution in [0, 0.1) is 5.92 Å². The number of amides is 1. The number of halogens is 5. The van der Waals surface area contributed by atoms with Gasteiger partial charge in [-0.2, -0.15) is 0 Å². The first kappa shape index (κ1) is 31.7. The molecule has 40 heavy (non-hydrogen) atoms. The second-order valence-electron chi connectivity index (χ2n) is 11.1. The van der Waals surface area contributed by atoms with E-state index in [2.05, 4.69) is 10.6 Å². The van der Waals surface area contributed by atoms with Crippen molar-refractivity contribution in [1.29, 1.82) is 0 Å². The Morgan fingerprint density at radius 2 is 1.50 bits per heavy atom. The van der Waals surface area contributed by atoms with Gasteiger partial charge in [0.15, 0.2) is 15.6 Å². The number of hydrogen-bond acceptors (Lipinski definition) is 5. The largest absolute Gasteiger partial charge is 0.344 e. The van der Waals surface area contributed by atoms with Crippen LogP contribution in [0.2, 0.25) is 0 Å². The van der Waals surface area contributed by atoms with Gasteiger partial charge in [0.1, 0.15) is 5.67 Å². The van der Waals surface area contributed by atoms with Gasteiger partial charge in [-0.3, -0.25) is 14.9 Å². The maximum atomic E-state index is 14.8. The van der Waals surface area contributed by atoms with Gasteiger partial charge in [-0.05, 0) is 42.7 Å². The van der Waals surface area contributed by atoms with E-state index in [0.29, 0.717) is 18.1 Å². The standard InChI is InChI=1S/C28H33F5N2O4S/c1-16-23(22(36)15-28(16,32)33)35-25(37)21(14-26(2,3)29)34-24(27(4,30)31)19-8-6-17(7-9-19)18-10-12-20(13-11-18)40(5,38)39/h6-13,16,21,23-24,34H,14-15H2,1-5H3,(H,35,37)/t16-,21+,23+,24+/m1/s1. The van der Waals surface area contributed by atoms with Gasteiger partial charge >= 0.3 is 0 Å². The number of carbonyl (C=O) groups excluding carboxylic acids is 2. The average molecular weight is 589 g/mol. The maximum absolute atomic E-state index is 14.8. The van der Waals surface area contributed by atoms with E-state index in [-0.39, 0.29) is 10.5 Å². The highest BCUT2D eigenvalue weighted by molar-refractivity contribution is 7.90. The fourth-order valence-corrected chi connectivity index (χ4v) is 5.33. The molecule has 0 radical (unpaired) electrons. The Hall–Kier alpha value is -2.86. The summed E-state index contributed by atoms with van der Waals surface area (Å²) >= 11 is 0. The first-order chi connectivity index (χ1) is 18.2. The van der Waals surface area contributed by atoms with Crippen LogP contribution in [0.3, 0.4) is 0 Å². The molecule has 2 aromatic carbocycles. The van der Waals surface area contributed by atoms with Gasteiger partial charge in [0.05, 0.1) is 29.4 Å². The summed E-state index contributed by atoms with van der Waals surface area (Å²) in [6, 6.07) is 7.01. The zero-order valence-corrected chi connectivity index (χ0v) is 23.6. The Morgan fingerprint density at radius 3 is 1.90 bits per heavy atom. The monoisotopic (exact) mass is 588 g/mol. The van der Waals surface area contributed by atoms with Crippen molar-refractivity contribution in [3.05, 3.63) is 54.1 Å². The second kappa shape index (κ2) is 11.2. The van der Waals surface area contributed by atoms with Crippen LogP contribution in [-0.2, 0) is 19.4 Å². The number of nitrogens with one attached hydrogen (secondary N) is 2. The van der Waals surface area contributed by atoms with Crippen molar-refractivity contribution >= 4 is 21.5 Å². The number of Topliss-reactive ketones (excluding diaryl/α,β-unsaturated/α-hetero) is 1. The van der Waals surface area contributed by atoms with Crippen LogP contribution >= 0.6 is 0 Å². The molecule has 3 rings (SSSR count). The van der Waals surface area contributed by atoms with Gasteiger partial charge in [0.25, 0.3) is 11.8 Å². The molecular weight excluding hydrogens is 555 g/mol. The van der Waals surface area contributed by atoms with Crippen molar-refractivity contribution in [2.24, 2.45) is 5.92 Å². The van der Waals surface area contributed by atoms with E-state index in [1.165, 1.54) is 24.3 Å². The molecule has 0 heterocycles. The topological polar surface area (TPSA) is 92.3 Å². The molecule has 2 N–H and O–H groups in total. The number of benzene rings is 2. The third kappa shape index (κ3) is 7.66. The lowest BCUT2D eigenvalue weighted by atomic mass is 9.94. The average Bonchev–Trinajstić information content (AvgIpc) is 3.01. The molecule has 0 saturated heterocycles. The molecule has 220 valence electrons. The minimum atomic E-state index is -3.44. The predicted octanol–water partition coefficient (Wildman–Crippen LogP) is 5.28. The van der Waals surface area contributed by atoms with Crippen LogP contribution < -0.4 is 10.6 Å². The summed E-state index contributed by atoms with van der Waals surface area (Å²) in [5.41, 5.74) is -0.693. The van der Waals surface area contributed by atoms with Gasteiger partial charge < -0.3 is 5.32 Å². The van der Waals surface area contributed by atoms with Crippen molar-refractivity contribution in [3.63, 3.8) is 0 Å². The Balaban J connectivity index is 1.87. The molecular formula is C28H33F5N2O4S. The highest BCUT2D eigenvalue weighted by atomic mass is 32.2. The fraction of sp³-hybridized carbons (Fsp3) is 0.500. The number of sulfone groups is 1. The summed E-state index contributed by atoms with van der Waals surface area (Å²) in [5.74, 6) is -10.2. The van der Waals surface area contributed by atoms with Gasteiger partial charge in [-0.15, -0.1) is 0 Å². The normalized spacial score (nSPS) is 21.2. The molecule has 2 aromatic rings. The summed E-state index contributed by atoms with van der Waals surface area (Å²) in [4.78, 5) is 25.3. The van der Waals surface area contributed by atoms with Gasteiger partial charge in [-0.1, -0.05) is 43.3 Å². The third-order valence-electron chi connectivity index (χ3n) is 6.96. The molecule has 0 spiro atoms. The summed E-state index contributed by atoms with van der Waals surface area (Å²) in [5, 5.41) is 4.73. The molecule has 1 amide bonds. The Kier molecular flexibility index (Phi) is 8.86. The minimum absolute atomic E-state index is 0.0651. The highest BCUT2D eigenvalue weighted by Gasteiger charge is 2.53. The van der Waals surface area contributed by atoms with Crippen molar-refractivity contribution in [1.82, 2.24) is 10.6 Å². The van der Waals surface area contributed by atoms with Crippen LogP contribution in [0.5, 0.6) is 0 Å². The Labute approximate surface area is 230 Å². The van der Waals surface area contributed by atoms with Crippen LogP contribution in [0.15, 0.2) is 53.4 Å². The van der Waals surface area contributed by atoms with Gasteiger partial charge in [0.2, 0.25) is 5.91 Å². The lowest BCUT2D eigenvalue weighted by Gasteiger charge is -2.32. The number of carbonyl (C=O) groups is 2. The van der Waals surface area contributed by atoms with Crippen molar-refractivity contribution in [2.45, 2.75) is 81.1 Å².